The summed E-state index contributed by atoms with van der Waals surface area (Å²) in [6.07, 6.45) is 40.8. The average Bonchev–Trinajstić information content (AvgIpc) is 2.93. The summed E-state index contributed by atoms with van der Waals surface area (Å²) in [5.74, 6) is 0. The summed E-state index contributed by atoms with van der Waals surface area (Å²) in [7, 11) is 0. The van der Waals surface area contributed by atoms with Crippen molar-refractivity contribution in [3.8, 4) is 0 Å². The van der Waals surface area contributed by atoms with Gasteiger partial charge < -0.3 is 14.2 Å². The zero-order valence-electron chi connectivity index (χ0n) is 28.5. The second-order valence-corrected chi connectivity index (χ2v) is 14.1. The molecular weight excluding hydrogens is 504 g/mol. The van der Waals surface area contributed by atoms with Crippen molar-refractivity contribution < 1.29 is 14.2 Å². The van der Waals surface area contributed by atoms with E-state index in [1.54, 1.807) is 0 Å². The molecule has 2 aliphatic rings. The van der Waals surface area contributed by atoms with Crippen molar-refractivity contribution in [2.24, 2.45) is 0 Å². The Morgan fingerprint density at radius 3 is 1.07 bits per heavy atom. The normalized spacial score (nSPS) is 23.7. The predicted octanol–water partition coefficient (Wildman–Crippen LogP) is 12.3. The van der Waals surface area contributed by atoms with Crippen LogP contribution in [0.25, 0.3) is 0 Å². The molecule has 0 aromatic heterocycles. The van der Waals surface area contributed by atoms with Crippen molar-refractivity contribution in [3.05, 3.63) is 0 Å². The molecule has 0 aromatic rings. The highest BCUT2D eigenvalue weighted by Gasteiger charge is 2.26. The molecule has 2 fully saturated rings. The van der Waals surface area contributed by atoms with Crippen LogP contribution in [0.5, 0.6) is 0 Å². The summed E-state index contributed by atoms with van der Waals surface area (Å²) in [6.45, 7) is 9.03. The van der Waals surface area contributed by atoms with Gasteiger partial charge in [-0.15, -0.1) is 0 Å². The zero-order chi connectivity index (χ0) is 29.4. The van der Waals surface area contributed by atoms with Crippen LogP contribution < -0.4 is 0 Å². The van der Waals surface area contributed by atoms with Gasteiger partial charge in [-0.05, 0) is 65.2 Å². The highest BCUT2D eigenvalue weighted by molar-refractivity contribution is 4.75. The molecule has 3 nitrogen and oxygen atoms in total. The molecule has 41 heavy (non-hydrogen) atoms. The number of unbranched alkanes of at least 4 members (excludes halogenated alkanes) is 16. The van der Waals surface area contributed by atoms with Gasteiger partial charge in [0.1, 0.15) is 0 Å². The van der Waals surface area contributed by atoms with Gasteiger partial charge in [0.25, 0.3) is 0 Å². The Morgan fingerprint density at radius 2 is 0.756 bits per heavy atom. The lowest BCUT2D eigenvalue weighted by molar-refractivity contribution is -0.117. The largest absolute Gasteiger partial charge is 0.375 e. The number of hydrogen-bond acceptors (Lipinski definition) is 3. The first kappa shape index (κ1) is 37.1. The van der Waals surface area contributed by atoms with Crippen molar-refractivity contribution in [2.75, 3.05) is 0 Å². The molecule has 0 bridgehead atoms. The summed E-state index contributed by atoms with van der Waals surface area (Å²) in [6, 6.07) is 0. The third kappa shape index (κ3) is 19.7. The van der Waals surface area contributed by atoms with Gasteiger partial charge in [0.2, 0.25) is 0 Å². The molecule has 3 heteroatoms. The van der Waals surface area contributed by atoms with Gasteiger partial charge in [0.15, 0.2) is 0 Å². The molecule has 2 saturated heterocycles. The van der Waals surface area contributed by atoms with E-state index in [0.29, 0.717) is 36.6 Å². The molecule has 0 spiro atoms. The lowest BCUT2D eigenvalue weighted by Gasteiger charge is -2.33. The van der Waals surface area contributed by atoms with Crippen LogP contribution in [0.15, 0.2) is 0 Å². The molecule has 244 valence electrons. The third-order valence-electron chi connectivity index (χ3n) is 9.79. The highest BCUT2D eigenvalue weighted by atomic mass is 16.5. The monoisotopic (exact) mass is 579 g/mol. The average molecular weight is 579 g/mol. The fraction of sp³-hybridized carbons (Fsp3) is 1.00. The van der Waals surface area contributed by atoms with E-state index in [1.165, 1.54) is 180 Å². The summed E-state index contributed by atoms with van der Waals surface area (Å²) in [5, 5.41) is 0. The van der Waals surface area contributed by atoms with Crippen LogP contribution in [0.4, 0.5) is 0 Å². The Labute approximate surface area is 258 Å². The topological polar surface area (TPSA) is 27.7 Å². The van der Waals surface area contributed by atoms with E-state index in [4.69, 9.17) is 14.2 Å². The Balaban J connectivity index is 1.71. The van der Waals surface area contributed by atoms with Gasteiger partial charge in [-0.3, -0.25) is 0 Å². The zero-order valence-corrected chi connectivity index (χ0v) is 28.5. The molecule has 2 heterocycles. The maximum absolute atomic E-state index is 7.03. The summed E-state index contributed by atoms with van der Waals surface area (Å²) < 4.78 is 18.7. The van der Waals surface area contributed by atoms with E-state index in [9.17, 15) is 0 Å². The molecule has 2 rings (SSSR count). The van der Waals surface area contributed by atoms with Crippen LogP contribution in [0.2, 0.25) is 0 Å². The second kappa shape index (κ2) is 25.2. The van der Waals surface area contributed by atoms with E-state index in [1.807, 2.05) is 0 Å². The van der Waals surface area contributed by atoms with Crippen LogP contribution in [-0.2, 0) is 14.2 Å². The fourth-order valence-corrected chi connectivity index (χ4v) is 7.08. The molecule has 6 unspecified atom stereocenters. The molecule has 0 saturated carbocycles. The van der Waals surface area contributed by atoms with Crippen LogP contribution in [0.1, 0.15) is 207 Å². The number of hydrogen-bond donors (Lipinski definition) is 0. The van der Waals surface area contributed by atoms with E-state index >= 15 is 0 Å². The molecule has 0 radical (unpaired) electrons. The lowest BCUT2D eigenvalue weighted by Crippen LogP contribution is -2.34. The molecular formula is C38H74O3. The quantitative estimate of drug-likeness (QED) is 0.0793. The Kier molecular flexibility index (Phi) is 22.8. The van der Waals surface area contributed by atoms with Gasteiger partial charge in [-0.2, -0.15) is 0 Å². The molecule has 0 aliphatic carbocycles. The maximum Gasteiger partial charge on any atom is 0.0603 e. The van der Waals surface area contributed by atoms with Crippen molar-refractivity contribution in [2.45, 2.75) is 244 Å². The highest BCUT2D eigenvalue weighted by Crippen LogP contribution is 2.27. The lowest BCUT2D eigenvalue weighted by atomic mass is 9.97. The molecule has 0 N–H and O–H groups in total. The van der Waals surface area contributed by atoms with Crippen LogP contribution in [0, 0.1) is 0 Å². The van der Waals surface area contributed by atoms with E-state index in [-0.39, 0.29) is 0 Å². The summed E-state index contributed by atoms with van der Waals surface area (Å²) in [4.78, 5) is 0. The molecule has 6 atom stereocenters. The van der Waals surface area contributed by atoms with Crippen LogP contribution >= 0.6 is 0 Å². The Bertz CT molecular complexity index is 506. The van der Waals surface area contributed by atoms with E-state index in [2.05, 4.69) is 27.7 Å². The predicted molar refractivity (Wildman–Crippen MR) is 178 cm³/mol. The second-order valence-electron chi connectivity index (χ2n) is 14.1. The van der Waals surface area contributed by atoms with Gasteiger partial charge in [0.05, 0.1) is 36.6 Å². The van der Waals surface area contributed by atoms with Crippen LogP contribution in [0.3, 0.4) is 0 Å². The van der Waals surface area contributed by atoms with Crippen molar-refractivity contribution in [3.63, 3.8) is 0 Å². The van der Waals surface area contributed by atoms with Gasteiger partial charge in [-0.25, -0.2) is 0 Å². The van der Waals surface area contributed by atoms with E-state index < -0.39 is 0 Å². The van der Waals surface area contributed by atoms with Crippen LogP contribution in [-0.4, -0.2) is 36.6 Å². The molecule has 0 aromatic carbocycles. The molecule has 0 amide bonds. The summed E-state index contributed by atoms with van der Waals surface area (Å²) in [5.41, 5.74) is 0. The minimum absolute atomic E-state index is 0.486. The van der Waals surface area contributed by atoms with Crippen molar-refractivity contribution >= 4 is 0 Å². The SMILES string of the molecule is CCCCCCCCC(CCCCCCC1CC(C)O1)OC(CCCCCCCC)CCCCCCC1CC(C)O1. The fourth-order valence-electron chi connectivity index (χ4n) is 7.08. The Morgan fingerprint density at radius 1 is 0.463 bits per heavy atom. The standard InChI is InChI=1S/C38H74O3/c1-5-7-9-11-13-19-25-35(27-21-15-17-23-29-37-31-33(3)39-37)41-36(26-20-14-12-10-8-6-2)28-22-16-18-24-30-38-32-34(4)40-38/h33-38H,5-32H2,1-4H3. The van der Waals surface area contributed by atoms with Crippen molar-refractivity contribution in [1.82, 2.24) is 0 Å². The minimum Gasteiger partial charge on any atom is -0.375 e. The maximum atomic E-state index is 7.03. The van der Waals surface area contributed by atoms with Gasteiger partial charge >= 0.3 is 0 Å². The first-order valence-corrected chi connectivity index (χ1v) is 19.1. The molecule has 2 aliphatic heterocycles. The minimum atomic E-state index is 0.486. The van der Waals surface area contributed by atoms with E-state index in [0.717, 1.165) is 0 Å². The van der Waals surface area contributed by atoms with Crippen molar-refractivity contribution in [1.29, 1.82) is 0 Å². The smallest absolute Gasteiger partial charge is 0.0603 e. The number of rotatable bonds is 30. The first-order valence-electron chi connectivity index (χ1n) is 19.1. The third-order valence-corrected chi connectivity index (χ3v) is 9.79. The first-order chi connectivity index (χ1) is 20.1. The number of ether oxygens (including phenoxy) is 3. The Hall–Kier alpha value is -0.120. The summed E-state index contributed by atoms with van der Waals surface area (Å²) >= 11 is 0. The van der Waals surface area contributed by atoms with Gasteiger partial charge in [0, 0.05) is 0 Å². The van der Waals surface area contributed by atoms with Gasteiger partial charge in [-0.1, -0.05) is 142 Å².